The predicted octanol–water partition coefficient (Wildman–Crippen LogP) is 4.03. The highest BCUT2D eigenvalue weighted by molar-refractivity contribution is 6.03. The summed E-state index contributed by atoms with van der Waals surface area (Å²) in [4.78, 5) is 32.9. The van der Waals surface area contributed by atoms with Crippen molar-refractivity contribution in [3.8, 4) is 17.1 Å². The van der Waals surface area contributed by atoms with Gasteiger partial charge in [-0.1, -0.05) is 12.1 Å². The Hall–Kier alpha value is -3.79. The zero-order chi connectivity index (χ0) is 25.3. The van der Waals surface area contributed by atoms with Crippen molar-refractivity contribution in [3.63, 3.8) is 0 Å². The summed E-state index contributed by atoms with van der Waals surface area (Å²) in [5, 5.41) is 2.89. The predicted molar refractivity (Wildman–Crippen MR) is 137 cm³/mol. The molecule has 1 aromatic carbocycles. The Morgan fingerprint density at radius 2 is 1.72 bits per heavy atom. The van der Waals surface area contributed by atoms with E-state index in [1.54, 1.807) is 41.6 Å². The van der Waals surface area contributed by atoms with Gasteiger partial charge in [0.15, 0.2) is 17.5 Å². The fourth-order valence-corrected chi connectivity index (χ4v) is 4.47. The van der Waals surface area contributed by atoms with Crippen molar-refractivity contribution in [2.24, 2.45) is 0 Å². The highest BCUT2D eigenvalue weighted by Gasteiger charge is 2.34. The molecule has 188 valence electrons. The molecule has 2 aliphatic heterocycles. The number of benzene rings is 1. The van der Waals surface area contributed by atoms with Crippen molar-refractivity contribution in [2.45, 2.75) is 26.3 Å². The van der Waals surface area contributed by atoms with Crippen molar-refractivity contribution >= 4 is 23.4 Å². The van der Waals surface area contributed by atoms with Crippen molar-refractivity contribution in [2.75, 3.05) is 54.4 Å². The van der Waals surface area contributed by atoms with Crippen LogP contribution in [0.15, 0.2) is 48.8 Å². The summed E-state index contributed by atoms with van der Waals surface area (Å²) >= 11 is 0. The van der Waals surface area contributed by atoms with Crippen LogP contribution in [0.1, 0.15) is 20.8 Å². The maximum absolute atomic E-state index is 14.1. The molecule has 36 heavy (non-hydrogen) atoms. The van der Waals surface area contributed by atoms with E-state index < -0.39 is 0 Å². The Bertz CT molecular complexity index is 1240. The van der Waals surface area contributed by atoms with Crippen LogP contribution in [0.25, 0.3) is 11.4 Å². The number of hydrogen-bond donors (Lipinski definition) is 1. The molecule has 3 aromatic rings. The maximum atomic E-state index is 14.1. The Morgan fingerprint density at radius 3 is 2.42 bits per heavy atom. The van der Waals surface area contributed by atoms with Crippen LogP contribution in [0.5, 0.6) is 5.75 Å². The minimum absolute atomic E-state index is 0.0717. The number of nitrogens with zero attached hydrogens (tertiary/aromatic N) is 6. The quantitative estimate of drug-likeness (QED) is 0.592. The molecule has 4 heterocycles. The molecule has 1 N–H and O–H groups in total. The van der Waals surface area contributed by atoms with Gasteiger partial charge in [-0.25, -0.2) is 19.2 Å². The summed E-state index contributed by atoms with van der Waals surface area (Å²) in [6.07, 6.45) is 3.23. The van der Waals surface area contributed by atoms with Crippen molar-refractivity contribution < 1.29 is 13.9 Å². The average Bonchev–Trinajstić information content (AvgIpc) is 2.88. The first kappa shape index (κ1) is 23.9. The number of halogens is 1. The fraction of sp³-hybridized carbons (Fsp3) is 0.385. The number of carbonyl (C=O) groups excluding carboxylic acids is 1. The lowest BCUT2D eigenvalue weighted by Crippen LogP contribution is -2.53. The molecular weight excluding hydrogens is 461 g/mol. The number of fused-ring (bicyclic) bond motifs is 1. The molecular formula is C26H30FN7O2. The van der Waals surface area contributed by atoms with Crippen LogP contribution in [0.4, 0.5) is 26.5 Å². The van der Waals surface area contributed by atoms with Gasteiger partial charge in [-0.3, -0.25) is 14.8 Å². The van der Waals surface area contributed by atoms with Crippen LogP contribution in [-0.2, 0) is 0 Å². The second-order valence-corrected chi connectivity index (χ2v) is 9.84. The number of nitrogens with one attached hydrogen (secondary N) is 1. The maximum Gasteiger partial charge on any atom is 0.327 e. The molecule has 0 bridgehead atoms. The van der Waals surface area contributed by atoms with E-state index in [-0.39, 0.29) is 17.4 Å². The number of rotatable bonds is 3. The van der Waals surface area contributed by atoms with Gasteiger partial charge in [0.05, 0.1) is 6.54 Å². The van der Waals surface area contributed by atoms with E-state index in [9.17, 15) is 9.18 Å². The number of hydrogen-bond acceptors (Lipinski definition) is 7. The molecule has 2 aromatic heterocycles. The van der Waals surface area contributed by atoms with E-state index in [0.717, 1.165) is 26.2 Å². The number of pyridine rings is 1. The van der Waals surface area contributed by atoms with Crippen molar-refractivity contribution in [1.82, 2.24) is 19.9 Å². The van der Waals surface area contributed by atoms with Crippen LogP contribution < -0.4 is 19.9 Å². The minimum Gasteiger partial charge on any atom is -0.485 e. The molecule has 0 aliphatic carbocycles. The zero-order valence-corrected chi connectivity index (χ0v) is 20.7. The number of anilines is 3. The smallest absolute Gasteiger partial charge is 0.327 e. The molecule has 0 saturated carbocycles. The van der Waals surface area contributed by atoms with Crippen LogP contribution in [-0.4, -0.2) is 70.8 Å². The third-order valence-corrected chi connectivity index (χ3v) is 6.43. The first-order chi connectivity index (χ1) is 17.3. The van der Waals surface area contributed by atoms with E-state index in [0.29, 0.717) is 47.6 Å². The molecule has 10 heteroatoms. The van der Waals surface area contributed by atoms with E-state index in [4.69, 9.17) is 14.7 Å². The average molecular weight is 492 g/mol. The molecule has 1 saturated heterocycles. The fourth-order valence-electron chi connectivity index (χ4n) is 4.47. The number of amides is 2. The van der Waals surface area contributed by atoms with Gasteiger partial charge in [-0.05, 0) is 45.0 Å². The number of piperazine rings is 1. The molecule has 1 fully saturated rings. The largest absolute Gasteiger partial charge is 0.485 e. The highest BCUT2D eigenvalue weighted by atomic mass is 19.1. The van der Waals surface area contributed by atoms with Gasteiger partial charge in [-0.15, -0.1) is 0 Å². The summed E-state index contributed by atoms with van der Waals surface area (Å²) < 4.78 is 20.1. The normalized spacial score (nSPS) is 16.3. The molecule has 0 radical (unpaired) electrons. The van der Waals surface area contributed by atoms with E-state index in [1.807, 2.05) is 0 Å². The number of aromatic nitrogens is 3. The topological polar surface area (TPSA) is 86.7 Å². The van der Waals surface area contributed by atoms with E-state index >= 15 is 0 Å². The summed E-state index contributed by atoms with van der Waals surface area (Å²) in [6, 6.07) is 9.27. The summed E-state index contributed by atoms with van der Waals surface area (Å²) in [6.45, 7) is 10.5. The van der Waals surface area contributed by atoms with Crippen LogP contribution in [0.2, 0.25) is 0 Å². The van der Waals surface area contributed by atoms with Gasteiger partial charge in [0.25, 0.3) is 0 Å². The van der Waals surface area contributed by atoms with Gasteiger partial charge in [0.1, 0.15) is 12.4 Å². The monoisotopic (exact) mass is 491 g/mol. The zero-order valence-electron chi connectivity index (χ0n) is 20.7. The van der Waals surface area contributed by atoms with Crippen molar-refractivity contribution in [1.29, 1.82) is 0 Å². The third-order valence-electron chi connectivity index (χ3n) is 6.43. The molecule has 5 rings (SSSR count). The van der Waals surface area contributed by atoms with Crippen molar-refractivity contribution in [3.05, 3.63) is 54.6 Å². The van der Waals surface area contributed by atoms with Crippen LogP contribution in [0, 0.1) is 5.82 Å². The molecule has 2 aliphatic rings. The SMILES string of the molecule is CC(C)(C)N1CCN(c2nc(-c3cccc(F)c3)nc3c2OCCN3C(=O)Nc2ccncc2)CC1. The van der Waals surface area contributed by atoms with Gasteiger partial charge < -0.3 is 15.0 Å². The number of carbonyl (C=O) groups is 1. The van der Waals surface area contributed by atoms with Gasteiger partial charge in [0, 0.05) is 55.4 Å². The first-order valence-electron chi connectivity index (χ1n) is 12.1. The standard InChI is InChI=1S/C26H30FN7O2/c1-26(2,3)33-13-11-32(12-14-33)23-21-24(31-22(30-23)18-5-4-6-19(27)17-18)34(15-16-36-21)25(35)29-20-7-9-28-10-8-20/h4-10,17H,11-16H2,1-3H3,(H,28,29,35). The lowest BCUT2D eigenvalue weighted by Gasteiger charge is -2.43. The second-order valence-electron chi connectivity index (χ2n) is 9.84. The Balaban J connectivity index is 1.53. The molecule has 0 atom stereocenters. The molecule has 0 unspecified atom stereocenters. The highest BCUT2D eigenvalue weighted by Crippen LogP contribution is 2.40. The number of urea groups is 1. The van der Waals surface area contributed by atoms with Crippen LogP contribution >= 0.6 is 0 Å². The Labute approximate surface area is 209 Å². The second kappa shape index (κ2) is 9.69. The summed E-state index contributed by atoms with van der Waals surface area (Å²) in [5.74, 6) is 1.42. The van der Waals surface area contributed by atoms with E-state index in [2.05, 4.69) is 40.9 Å². The summed E-state index contributed by atoms with van der Waals surface area (Å²) in [7, 11) is 0. The first-order valence-corrected chi connectivity index (χ1v) is 12.1. The Kier molecular flexibility index (Phi) is 6.44. The van der Waals surface area contributed by atoms with Crippen LogP contribution in [0.3, 0.4) is 0 Å². The van der Waals surface area contributed by atoms with Gasteiger partial charge in [0.2, 0.25) is 5.75 Å². The van der Waals surface area contributed by atoms with E-state index in [1.165, 1.54) is 12.1 Å². The third kappa shape index (κ3) is 4.94. The molecule has 2 amide bonds. The minimum atomic E-state index is -0.377. The summed E-state index contributed by atoms with van der Waals surface area (Å²) in [5.41, 5.74) is 1.23. The molecule has 0 spiro atoms. The van der Waals surface area contributed by atoms with Gasteiger partial charge >= 0.3 is 6.03 Å². The Morgan fingerprint density at radius 1 is 1.00 bits per heavy atom. The number of ether oxygens (including phenoxy) is 1. The van der Waals surface area contributed by atoms with Gasteiger partial charge in [-0.2, -0.15) is 0 Å². The lowest BCUT2D eigenvalue weighted by atomic mass is 10.0. The molecule has 9 nitrogen and oxygen atoms in total. The lowest BCUT2D eigenvalue weighted by molar-refractivity contribution is 0.128.